The molecule has 3 N–H and O–H groups in total. The summed E-state index contributed by atoms with van der Waals surface area (Å²) in [4.78, 5) is 38.7. The molecule has 0 saturated heterocycles. The Morgan fingerprint density at radius 2 is 1.90 bits per heavy atom. The standard InChI is InChI=1S/C20H26N4O5/c1-4-24-11-14(20(27)22-10-18(25)21-6-5-7-23(2)3)19(26)13-8-16-17(9-15(13)24)29-12-28-16/h8-9,11H,4-7,10,12H2,1-3H3,(H,21,25)(H,22,27)/p+1. The number of ether oxygens (including phenoxy) is 2. The van der Waals surface area contributed by atoms with Crippen molar-refractivity contribution in [3.05, 3.63) is 34.1 Å². The number of aromatic nitrogens is 1. The van der Waals surface area contributed by atoms with Crippen molar-refractivity contribution in [3.63, 3.8) is 0 Å². The third-order valence-electron chi connectivity index (χ3n) is 4.75. The molecular formula is C20H27N4O5+. The number of rotatable bonds is 8. The summed E-state index contributed by atoms with van der Waals surface area (Å²) in [6, 6.07) is 3.34. The molecule has 29 heavy (non-hydrogen) atoms. The normalized spacial score (nSPS) is 12.4. The molecule has 0 atom stereocenters. The smallest absolute Gasteiger partial charge is 0.257 e. The fourth-order valence-corrected chi connectivity index (χ4v) is 3.19. The van der Waals surface area contributed by atoms with E-state index in [1.165, 1.54) is 11.1 Å². The van der Waals surface area contributed by atoms with E-state index in [0.717, 1.165) is 13.0 Å². The van der Waals surface area contributed by atoms with Crippen molar-refractivity contribution in [2.75, 3.05) is 40.5 Å². The minimum atomic E-state index is -0.579. The van der Waals surface area contributed by atoms with Gasteiger partial charge in [0.15, 0.2) is 11.5 Å². The maximum absolute atomic E-state index is 12.9. The van der Waals surface area contributed by atoms with Crippen molar-refractivity contribution >= 4 is 22.7 Å². The Balaban J connectivity index is 1.73. The fourth-order valence-electron chi connectivity index (χ4n) is 3.19. The van der Waals surface area contributed by atoms with Crippen LogP contribution in [-0.4, -0.2) is 56.9 Å². The summed E-state index contributed by atoms with van der Waals surface area (Å²) in [5, 5.41) is 5.67. The number of aryl methyl sites for hydroxylation is 1. The lowest BCUT2D eigenvalue weighted by molar-refractivity contribution is -0.858. The first-order valence-corrected chi connectivity index (χ1v) is 9.71. The number of pyridine rings is 1. The molecule has 0 fully saturated rings. The first-order chi connectivity index (χ1) is 13.9. The van der Waals surface area contributed by atoms with Gasteiger partial charge in [-0.2, -0.15) is 0 Å². The van der Waals surface area contributed by atoms with Gasteiger partial charge in [0.2, 0.25) is 18.1 Å². The van der Waals surface area contributed by atoms with E-state index in [2.05, 4.69) is 10.6 Å². The van der Waals surface area contributed by atoms with Crippen LogP contribution in [0.4, 0.5) is 0 Å². The van der Waals surface area contributed by atoms with Gasteiger partial charge in [-0.3, -0.25) is 14.4 Å². The zero-order valence-electron chi connectivity index (χ0n) is 17.0. The fraction of sp³-hybridized carbons (Fsp3) is 0.450. The highest BCUT2D eigenvalue weighted by atomic mass is 16.7. The van der Waals surface area contributed by atoms with Crippen LogP contribution < -0.4 is 30.4 Å². The average Bonchev–Trinajstić information content (AvgIpc) is 3.16. The second kappa shape index (κ2) is 8.95. The second-order valence-corrected chi connectivity index (χ2v) is 7.22. The van der Waals surface area contributed by atoms with Crippen LogP contribution in [0.2, 0.25) is 0 Å². The van der Waals surface area contributed by atoms with E-state index in [-0.39, 0.29) is 24.8 Å². The van der Waals surface area contributed by atoms with E-state index < -0.39 is 11.3 Å². The Hall–Kier alpha value is -3.07. The third kappa shape index (κ3) is 4.68. The zero-order valence-corrected chi connectivity index (χ0v) is 17.0. The summed E-state index contributed by atoms with van der Waals surface area (Å²) < 4.78 is 12.5. The van der Waals surface area contributed by atoms with Gasteiger partial charge >= 0.3 is 0 Å². The summed E-state index contributed by atoms with van der Waals surface area (Å²) in [6.45, 7) is 3.89. The molecule has 1 aromatic heterocycles. The maximum Gasteiger partial charge on any atom is 0.257 e. The van der Waals surface area contributed by atoms with Gasteiger partial charge in [0, 0.05) is 31.8 Å². The highest BCUT2D eigenvalue weighted by Gasteiger charge is 2.20. The van der Waals surface area contributed by atoms with Crippen molar-refractivity contribution in [1.82, 2.24) is 15.2 Å². The van der Waals surface area contributed by atoms with E-state index >= 15 is 0 Å². The molecule has 0 saturated carbocycles. The number of amides is 2. The molecule has 3 rings (SSSR count). The van der Waals surface area contributed by atoms with Crippen molar-refractivity contribution in [3.8, 4) is 11.5 Å². The molecule has 2 heterocycles. The van der Waals surface area contributed by atoms with Gasteiger partial charge in [0.25, 0.3) is 5.91 Å². The number of hydrogen-bond acceptors (Lipinski definition) is 5. The molecule has 2 aromatic rings. The second-order valence-electron chi connectivity index (χ2n) is 7.22. The molecule has 1 aliphatic heterocycles. The Bertz CT molecular complexity index is 983. The first kappa shape index (κ1) is 20.7. The molecule has 0 unspecified atom stereocenters. The lowest BCUT2D eigenvalue weighted by Crippen LogP contribution is -3.05. The van der Waals surface area contributed by atoms with Crippen LogP contribution in [0.25, 0.3) is 10.9 Å². The van der Waals surface area contributed by atoms with E-state index in [0.29, 0.717) is 35.5 Å². The number of nitrogens with one attached hydrogen (secondary N) is 3. The van der Waals surface area contributed by atoms with Crippen LogP contribution in [-0.2, 0) is 11.3 Å². The minimum absolute atomic E-state index is 0.0118. The molecule has 0 radical (unpaired) electrons. The number of hydrogen-bond donors (Lipinski definition) is 3. The lowest BCUT2D eigenvalue weighted by Gasteiger charge is -2.13. The monoisotopic (exact) mass is 403 g/mol. The van der Waals surface area contributed by atoms with Crippen molar-refractivity contribution in [1.29, 1.82) is 0 Å². The predicted octanol–water partition coefficient (Wildman–Crippen LogP) is -0.869. The zero-order chi connectivity index (χ0) is 21.0. The van der Waals surface area contributed by atoms with Gasteiger partial charge in [-0.25, -0.2) is 0 Å². The average molecular weight is 403 g/mol. The van der Waals surface area contributed by atoms with Gasteiger partial charge < -0.3 is 29.6 Å². The molecule has 0 spiro atoms. The Labute approximate surface area is 168 Å². The van der Waals surface area contributed by atoms with Gasteiger partial charge in [0.1, 0.15) is 5.56 Å². The number of quaternary nitrogens is 1. The van der Waals surface area contributed by atoms with Crippen molar-refractivity contribution < 1.29 is 24.0 Å². The SMILES string of the molecule is CCn1cc(C(=O)NCC(=O)NCCC[NH+](C)C)c(=O)c2cc3c(cc21)OCO3. The molecule has 156 valence electrons. The largest absolute Gasteiger partial charge is 0.454 e. The van der Waals surface area contributed by atoms with Gasteiger partial charge in [-0.05, 0) is 13.0 Å². The minimum Gasteiger partial charge on any atom is -0.454 e. The van der Waals surface area contributed by atoms with Crippen LogP contribution in [0, 0.1) is 0 Å². The van der Waals surface area contributed by atoms with E-state index in [4.69, 9.17) is 9.47 Å². The topological polar surface area (TPSA) is 103 Å². The molecule has 0 bridgehead atoms. The molecule has 9 heteroatoms. The molecular weight excluding hydrogens is 376 g/mol. The van der Waals surface area contributed by atoms with Gasteiger partial charge in [0.05, 0.1) is 38.1 Å². The van der Waals surface area contributed by atoms with Crippen LogP contribution in [0.1, 0.15) is 23.7 Å². The number of carbonyl (C=O) groups is 2. The quantitative estimate of drug-likeness (QED) is 0.498. The highest BCUT2D eigenvalue weighted by Crippen LogP contribution is 2.35. The molecule has 1 aromatic carbocycles. The number of benzene rings is 1. The van der Waals surface area contributed by atoms with Crippen LogP contribution in [0.3, 0.4) is 0 Å². The first-order valence-electron chi connectivity index (χ1n) is 9.71. The Morgan fingerprint density at radius 1 is 1.17 bits per heavy atom. The van der Waals surface area contributed by atoms with Gasteiger partial charge in [-0.1, -0.05) is 0 Å². The van der Waals surface area contributed by atoms with Crippen LogP contribution in [0.5, 0.6) is 11.5 Å². The number of fused-ring (bicyclic) bond motifs is 2. The molecule has 0 aliphatic carbocycles. The van der Waals surface area contributed by atoms with Crippen LogP contribution in [0.15, 0.2) is 23.1 Å². The summed E-state index contributed by atoms with van der Waals surface area (Å²) in [6.07, 6.45) is 2.37. The van der Waals surface area contributed by atoms with E-state index in [9.17, 15) is 14.4 Å². The number of nitrogens with zero attached hydrogens (tertiary/aromatic N) is 1. The lowest BCUT2D eigenvalue weighted by atomic mass is 10.1. The molecule has 1 aliphatic rings. The summed E-state index contributed by atoms with van der Waals surface area (Å²) in [5.41, 5.74) is 0.246. The maximum atomic E-state index is 12.9. The third-order valence-corrected chi connectivity index (χ3v) is 4.75. The highest BCUT2D eigenvalue weighted by molar-refractivity contribution is 5.99. The number of carbonyl (C=O) groups excluding carboxylic acids is 2. The van der Waals surface area contributed by atoms with Crippen LogP contribution >= 0.6 is 0 Å². The Kier molecular flexibility index (Phi) is 6.38. The predicted molar refractivity (Wildman–Crippen MR) is 108 cm³/mol. The Morgan fingerprint density at radius 3 is 2.59 bits per heavy atom. The summed E-state index contributed by atoms with van der Waals surface area (Å²) in [5.74, 6) is 0.189. The van der Waals surface area contributed by atoms with Gasteiger partial charge in [-0.15, -0.1) is 0 Å². The van der Waals surface area contributed by atoms with Crippen molar-refractivity contribution in [2.45, 2.75) is 19.9 Å². The van der Waals surface area contributed by atoms with E-state index in [1.54, 1.807) is 16.7 Å². The van der Waals surface area contributed by atoms with E-state index in [1.807, 2.05) is 21.0 Å². The van der Waals surface area contributed by atoms with Crippen molar-refractivity contribution in [2.24, 2.45) is 0 Å². The molecule has 9 nitrogen and oxygen atoms in total. The molecule has 2 amide bonds. The summed E-state index contributed by atoms with van der Waals surface area (Å²) in [7, 11) is 4.09. The summed E-state index contributed by atoms with van der Waals surface area (Å²) >= 11 is 0.